The van der Waals surface area contributed by atoms with E-state index in [2.05, 4.69) is 54.1 Å². The summed E-state index contributed by atoms with van der Waals surface area (Å²) in [6.07, 6.45) is 2.71. The van der Waals surface area contributed by atoms with Crippen LogP contribution in [0.25, 0.3) is 11.0 Å². The zero-order chi connectivity index (χ0) is 21.5. The van der Waals surface area contributed by atoms with Gasteiger partial charge < -0.3 is 20.4 Å². The number of aromatic amines is 1. The van der Waals surface area contributed by atoms with Crippen LogP contribution in [0.1, 0.15) is 11.3 Å². The molecule has 0 spiro atoms. The topological polar surface area (TPSA) is 103 Å². The standard InChI is InChI=1S/C23H25N9/c24-17-7-4-9-25-21(17)30-11-13-31(14-12-30)23-26-20-19-18(28-29-20)8-10-32(22(19)27-23)15-16-5-2-1-3-6-16/h1-7,9H,8,10-15,24H2,(H,26,27,28,29). The predicted octanol–water partition coefficient (Wildman–Crippen LogP) is 2.22. The Balaban J connectivity index is 1.28. The highest BCUT2D eigenvalue weighted by molar-refractivity contribution is 5.91. The maximum Gasteiger partial charge on any atom is 0.229 e. The number of aromatic nitrogens is 5. The third kappa shape index (κ3) is 3.26. The average molecular weight is 428 g/mol. The second-order valence-electron chi connectivity index (χ2n) is 8.30. The number of hydrogen-bond acceptors (Lipinski definition) is 8. The molecule has 1 aromatic carbocycles. The van der Waals surface area contributed by atoms with E-state index in [0.717, 1.165) is 80.0 Å². The summed E-state index contributed by atoms with van der Waals surface area (Å²) in [5, 5.41) is 8.72. The number of piperazine rings is 1. The van der Waals surface area contributed by atoms with E-state index < -0.39 is 0 Å². The van der Waals surface area contributed by atoms with E-state index in [-0.39, 0.29) is 0 Å². The van der Waals surface area contributed by atoms with E-state index >= 15 is 0 Å². The molecule has 1 saturated heterocycles. The number of benzene rings is 1. The molecule has 162 valence electrons. The maximum absolute atomic E-state index is 6.12. The van der Waals surface area contributed by atoms with Crippen molar-refractivity contribution in [3.63, 3.8) is 0 Å². The lowest BCUT2D eigenvalue weighted by Gasteiger charge is -2.36. The second kappa shape index (κ2) is 7.67. The molecule has 4 aromatic rings. The lowest BCUT2D eigenvalue weighted by Crippen LogP contribution is -2.47. The van der Waals surface area contributed by atoms with Crippen molar-refractivity contribution in [2.75, 3.05) is 53.2 Å². The van der Waals surface area contributed by atoms with Gasteiger partial charge in [0.2, 0.25) is 5.95 Å². The Hall–Kier alpha value is -3.88. The molecule has 32 heavy (non-hydrogen) atoms. The van der Waals surface area contributed by atoms with Crippen molar-refractivity contribution in [1.82, 2.24) is 25.1 Å². The van der Waals surface area contributed by atoms with E-state index in [1.165, 1.54) is 5.56 Å². The molecular weight excluding hydrogens is 402 g/mol. The molecule has 0 atom stereocenters. The first-order valence-electron chi connectivity index (χ1n) is 11.0. The molecule has 1 fully saturated rings. The van der Waals surface area contributed by atoms with Gasteiger partial charge >= 0.3 is 0 Å². The number of nitrogens with two attached hydrogens (primary N) is 1. The van der Waals surface area contributed by atoms with Crippen molar-refractivity contribution in [3.05, 3.63) is 59.9 Å². The van der Waals surface area contributed by atoms with E-state index in [9.17, 15) is 0 Å². The number of nitrogens with one attached hydrogen (secondary N) is 1. The highest BCUT2D eigenvalue weighted by atomic mass is 15.4. The summed E-state index contributed by atoms with van der Waals surface area (Å²) in [5.41, 5.74) is 9.98. The van der Waals surface area contributed by atoms with Crippen LogP contribution in [0.5, 0.6) is 0 Å². The molecule has 0 aliphatic carbocycles. The number of pyridine rings is 1. The Morgan fingerprint density at radius 1 is 0.875 bits per heavy atom. The lowest BCUT2D eigenvalue weighted by molar-refractivity contribution is 0.635. The van der Waals surface area contributed by atoms with Crippen molar-refractivity contribution in [1.29, 1.82) is 0 Å². The summed E-state index contributed by atoms with van der Waals surface area (Å²) in [5.74, 6) is 2.56. The number of nitrogen functional groups attached to an aromatic ring is 1. The Labute approximate surface area is 185 Å². The Morgan fingerprint density at radius 3 is 2.50 bits per heavy atom. The molecule has 3 N–H and O–H groups in total. The van der Waals surface area contributed by atoms with Crippen molar-refractivity contribution in [2.45, 2.75) is 13.0 Å². The van der Waals surface area contributed by atoms with Gasteiger partial charge in [0.25, 0.3) is 0 Å². The largest absolute Gasteiger partial charge is 0.396 e. The van der Waals surface area contributed by atoms with Gasteiger partial charge in [-0.15, -0.1) is 0 Å². The highest BCUT2D eigenvalue weighted by Gasteiger charge is 2.27. The average Bonchev–Trinajstić information content (AvgIpc) is 3.26. The quantitative estimate of drug-likeness (QED) is 0.511. The molecule has 3 aromatic heterocycles. The van der Waals surface area contributed by atoms with Gasteiger partial charge in [-0.05, 0) is 17.7 Å². The number of nitrogens with zero attached hydrogens (tertiary/aromatic N) is 7. The molecule has 0 amide bonds. The van der Waals surface area contributed by atoms with Gasteiger partial charge in [-0.2, -0.15) is 15.1 Å². The highest BCUT2D eigenvalue weighted by Crippen LogP contribution is 2.33. The van der Waals surface area contributed by atoms with Crippen molar-refractivity contribution in [3.8, 4) is 0 Å². The van der Waals surface area contributed by atoms with Gasteiger partial charge in [-0.25, -0.2) is 4.98 Å². The van der Waals surface area contributed by atoms with Gasteiger partial charge in [-0.1, -0.05) is 30.3 Å². The van der Waals surface area contributed by atoms with Crippen LogP contribution in [0.4, 0.5) is 23.3 Å². The summed E-state index contributed by atoms with van der Waals surface area (Å²) in [6.45, 7) is 4.97. The molecular formula is C23H25N9. The zero-order valence-corrected chi connectivity index (χ0v) is 17.8. The summed E-state index contributed by atoms with van der Waals surface area (Å²) in [4.78, 5) is 21.1. The molecule has 0 unspecified atom stereocenters. The minimum absolute atomic E-state index is 0.712. The first-order valence-corrected chi connectivity index (χ1v) is 11.0. The number of hydrogen-bond donors (Lipinski definition) is 2. The van der Waals surface area contributed by atoms with Crippen LogP contribution in [0.15, 0.2) is 48.7 Å². The molecule has 0 bridgehead atoms. The summed E-state index contributed by atoms with van der Waals surface area (Å²) in [7, 11) is 0. The van der Waals surface area contributed by atoms with E-state index in [1.54, 1.807) is 6.20 Å². The third-order valence-corrected chi connectivity index (χ3v) is 6.28. The number of rotatable bonds is 4. The van der Waals surface area contributed by atoms with Crippen molar-refractivity contribution >= 4 is 34.3 Å². The predicted molar refractivity (Wildman–Crippen MR) is 126 cm³/mol. The molecule has 9 nitrogen and oxygen atoms in total. The molecule has 2 aliphatic heterocycles. The van der Waals surface area contributed by atoms with E-state index in [0.29, 0.717) is 5.69 Å². The van der Waals surface area contributed by atoms with Crippen LogP contribution in [-0.4, -0.2) is 57.9 Å². The van der Waals surface area contributed by atoms with Crippen LogP contribution in [0.2, 0.25) is 0 Å². The minimum atomic E-state index is 0.712. The van der Waals surface area contributed by atoms with Crippen LogP contribution in [0, 0.1) is 0 Å². The smallest absolute Gasteiger partial charge is 0.229 e. The molecule has 2 aliphatic rings. The third-order valence-electron chi connectivity index (χ3n) is 6.28. The molecule has 6 rings (SSSR count). The Morgan fingerprint density at radius 2 is 1.69 bits per heavy atom. The first kappa shape index (κ1) is 18.9. The molecule has 9 heteroatoms. The van der Waals surface area contributed by atoms with E-state index in [1.807, 2.05) is 18.2 Å². The molecule has 0 radical (unpaired) electrons. The van der Waals surface area contributed by atoms with Crippen LogP contribution < -0.4 is 20.4 Å². The summed E-state index contributed by atoms with van der Waals surface area (Å²) < 4.78 is 0. The second-order valence-corrected chi connectivity index (χ2v) is 8.30. The van der Waals surface area contributed by atoms with Gasteiger partial charge in [0.1, 0.15) is 5.82 Å². The fourth-order valence-corrected chi connectivity index (χ4v) is 4.61. The molecule has 0 saturated carbocycles. The van der Waals surface area contributed by atoms with Crippen LogP contribution in [0.3, 0.4) is 0 Å². The number of H-pyrrole nitrogens is 1. The van der Waals surface area contributed by atoms with Crippen molar-refractivity contribution < 1.29 is 0 Å². The van der Waals surface area contributed by atoms with E-state index in [4.69, 9.17) is 15.7 Å². The first-order chi connectivity index (χ1) is 15.8. The lowest BCUT2D eigenvalue weighted by atomic mass is 10.1. The van der Waals surface area contributed by atoms with Gasteiger partial charge in [0.05, 0.1) is 16.8 Å². The van der Waals surface area contributed by atoms with Gasteiger partial charge in [0.15, 0.2) is 11.5 Å². The normalized spacial score (nSPS) is 16.1. The Bertz CT molecular complexity index is 1250. The van der Waals surface area contributed by atoms with Crippen LogP contribution >= 0.6 is 0 Å². The van der Waals surface area contributed by atoms with Crippen molar-refractivity contribution in [2.24, 2.45) is 0 Å². The van der Waals surface area contributed by atoms with Crippen LogP contribution in [-0.2, 0) is 13.0 Å². The SMILES string of the molecule is Nc1cccnc1N1CCN(c2nc3c4c([nH]nc4n2)CCN3Cc2ccccc2)CC1. The summed E-state index contributed by atoms with van der Waals surface area (Å²) in [6, 6.07) is 14.3. The fourth-order valence-electron chi connectivity index (χ4n) is 4.61. The molecule has 5 heterocycles. The van der Waals surface area contributed by atoms with Gasteiger partial charge in [-0.3, -0.25) is 5.10 Å². The van der Waals surface area contributed by atoms with Gasteiger partial charge in [0, 0.05) is 51.9 Å². The number of anilines is 4. The zero-order valence-electron chi connectivity index (χ0n) is 17.8. The fraction of sp³-hybridized carbons (Fsp3) is 0.304. The Kier molecular flexibility index (Phi) is 4.52. The summed E-state index contributed by atoms with van der Waals surface area (Å²) >= 11 is 0. The minimum Gasteiger partial charge on any atom is -0.396 e. The monoisotopic (exact) mass is 427 g/mol. The maximum atomic E-state index is 6.12.